The van der Waals surface area contributed by atoms with Crippen LogP contribution >= 0.6 is 0 Å². The third-order valence-electron chi connectivity index (χ3n) is 5.58. The van der Waals surface area contributed by atoms with Crippen molar-refractivity contribution in [2.45, 2.75) is 32.0 Å². The van der Waals surface area contributed by atoms with Crippen molar-refractivity contribution < 1.29 is 4.79 Å². The van der Waals surface area contributed by atoms with Gasteiger partial charge < -0.3 is 4.90 Å². The van der Waals surface area contributed by atoms with Gasteiger partial charge in [-0.3, -0.25) is 9.69 Å². The Labute approximate surface area is 161 Å². The van der Waals surface area contributed by atoms with Crippen LogP contribution in [0, 0.1) is 6.92 Å². The maximum absolute atomic E-state index is 12.9. The van der Waals surface area contributed by atoms with Crippen molar-refractivity contribution in [1.29, 1.82) is 0 Å². The van der Waals surface area contributed by atoms with E-state index in [0.29, 0.717) is 0 Å². The average Bonchev–Trinajstić information content (AvgIpc) is 3.19. The molecule has 0 aromatic heterocycles. The van der Waals surface area contributed by atoms with Crippen LogP contribution < -0.4 is 10.9 Å². The summed E-state index contributed by atoms with van der Waals surface area (Å²) in [5.41, 5.74) is 10.4. The summed E-state index contributed by atoms with van der Waals surface area (Å²) in [6, 6.07) is 19.0. The molecule has 2 saturated heterocycles. The molecule has 2 aromatic rings. The summed E-state index contributed by atoms with van der Waals surface area (Å²) < 4.78 is 0. The highest BCUT2D eigenvalue weighted by Crippen LogP contribution is 2.23. The van der Waals surface area contributed by atoms with Gasteiger partial charge >= 0.3 is 0 Å². The van der Waals surface area contributed by atoms with E-state index in [-0.39, 0.29) is 18.0 Å². The maximum atomic E-state index is 12.9. The molecule has 2 unspecified atom stereocenters. The van der Waals surface area contributed by atoms with Gasteiger partial charge in [0.2, 0.25) is 5.91 Å². The van der Waals surface area contributed by atoms with Gasteiger partial charge in [0.15, 0.2) is 0 Å². The van der Waals surface area contributed by atoms with Crippen molar-refractivity contribution in [1.82, 2.24) is 20.7 Å². The molecule has 0 spiro atoms. The average molecular weight is 364 g/mol. The largest absolute Gasteiger partial charge is 0.339 e. The van der Waals surface area contributed by atoms with Crippen molar-refractivity contribution in [3.05, 3.63) is 71.3 Å². The highest BCUT2D eigenvalue weighted by atomic mass is 16.2. The maximum Gasteiger partial charge on any atom is 0.241 e. The summed E-state index contributed by atoms with van der Waals surface area (Å²) >= 11 is 0. The molecule has 2 aliphatic rings. The molecule has 2 aromatic carbocycles. The van der Waals surface area contributed by atoms with Crippen molar-refractivity contribution in [2.75, 3.05) is 26.2 Å². The molecule has 2 aliphatic heterocycles. The molecule has 27 heavy (non-hydrogen) atoms. The van der Waals surface area contributed by atoms with E-state index in [1.807, 2.05) is 23.1 Å². The van der Waals surface area contributed by atoms with Gasteiger partial charge in [-0.2, -0.15) is 0 Å². The lowest BCUT2D eigenvalue weighted by atomic mass is 10.0. The molecule has 0 bridgehead atoms. The predicted molar refractivity (Wildman–Crippen MR) is 107 cm³/mol. The van der Waals surface area contributed by atoms with E-state index in [1.54, 1.807) is 0 Å². The number of carbonyl (C=O) groups is 1. The Morgan fingerprint density at radius 1 is 1.00 bits per heavy atom. The van der Waals surface area contributed by atoms with E-state index in [9.17, 15) is 4.79 Å². The third kappa shape index (κ3) is 4.38. The van der Waals surface area contributed by atoms with Crippen LogP contribution in [-0.4, -0.2) is 47.9 Å². The first-order chi connectivity index (χ1) is 13.2. The van der Waals surface area contributed by atoms with Gasteiger partial charge in [-0.05, 0) is 24.5 Å². The molecule has 2 fully saturated rings. The molecule has 0 radical (unpaired) electrons. The van der Waals surface area contributed by atoms with E-state index in [2.05, 4.69) is 59.1 Å². The number of nitrogens with one attached hydrogen (secondary N) is 2. The Kier molecular flexibility index (Phi) is 5.53. The smallest absolute Gasteiger partial charge is 0.241 e. The van der Waals surface area contributed by atoms with Gasteiger partial charge in [0.05, 0.1) is 0 Å². The molecule has 2 heterocycles. The van der Waals surface area contributed by atoms with Crippen molar-refractivity contribution in [3.8, 4) is 0 Å². The minimum Gasteiger partial charge on any atom is -0.339 e. The monoisotopic (exact) mass is 364 g/mol. The predicted octanol–water partition coefficient (Wildman–Crippen LogP) is 2.25. The highest BCUT2D eigenvalue weighted by molar-refractivity contribution is 5.82. The van der Waals surface area contributed by atoms with Gasteiger partial charge in [0.25, 0.3) is 0 Å². The fourth-order valence-electron chi connectivity index (χ4n) is 4.04. The first-order valence-corrected chi connectivity index (χ1v) is 9.82. The van der Waals surface area contributed by atoms with Crippen molar-refractivity contribution in [3.63, 3.8) is 0 Å². The number of hydrazine groups is 1. The van der Waals surface area contributed by atoms with Crippen molar-refractivity contribution in [2.24, 2.45) is 0 Å². The van der Waals surface area contributed by atoms with Crippen LogP contribution in [0.1, 0.15) is 29.2 Å². The van der Waals surface area contributed by atoms with E-state index in [0.717, 1.165) is 39.1 Å². The molecule has 2 atom stereocenters. The summed E-state index contributed by atoms with van der Waals surface area (Å²) in [6.45, 7) is 6.57. The van der Waals surface area contributed by atoms with Crippen LogP contribution in [0.4, 0.5) is 0 Å². The zero-order chi connectivity index (χ0) is 18.6. The number of rotatable bonds is 4. The van der Waals surface area contributed by atoms with E-state index in [4.69, 9.17) is 0 Å². The quantitative estimate of drug-likeness (QED) is 0.874. The second kappa shape index (κ2) is 8.21. The molecule has 4 rings (SSSR count). The second-order valence-corrected chi connectivity index (χ2v) is 7.63. The molecule has 0 saturated carbocycles. The number of amides is 1. The zero-order valence-corrected chi connectivity index (χ0v) is 15.9. The Bertz CT molecular complexity index is 771. The standard InChI is InChI=1S/C22H28N4O/c1-17-6-5-7-18(14-17)16-25-10-12-26(13-11-25)22(27)21-15-20(23-24-21)19-8-3-2-4-9-19/h2-9,14,20-21,23-24H,10-13,15-16H2,1H3. The minimum atomic E-state index is -0.140. The van der Waals surface area contributed by atoms with Gasteiger partial charge in [-0.25, -0.2) is 10.9 Å². The Hall–Kier alpha value is -2.21. The van der Waals surface area contributed by atoms with Crippen molar-refractivity contribution >= 4 is 5.91 Å². The van der Waals surface area contributed by atoms with Crippen LogP contribution in [-0.2, 0) is 11.3 Å². The lowest BCUT2D eigenvalue weighted by Crippen LogP contribution is -2.53. The second-order valence-electron chi connectivity index (χ2n) is 7.63. The number of hydrogen-bond acceptors (Lipinski definition) is 4. The summed E-state index contributed by atoms with van der Waals surface area (Å²) in [4.78, 5) is 17.3. The van der Waals surface area contributed by atoms with Gasteiger partial charge in [-0.15, -0.1) is 0 Å². The molecule has 5 nitrogen and oxygen atoms in total. The fourth-order valence-corrected chi connectivity index (χ4v) is 4.04. The first-order valence-electron chi connectivity index (χ1n) is 9.82. The zero-order valence-electron chi connectivity index (χ0n) is 15.9. The normalized spacial score (nSPS) is 23.5. The third-order valence-corrected chi connectivity index (χ3v) is 5.58. The van der Waals surface area contributed by atoms with Gasteiger partial charge in [0, 0.05) is 38.8 Å². The number of piperazine rings is 1. The van der Waals surface area contributed by atoms with Crippen LogP contribution in [0.3, 0.4) is 0 Å². The van der Waals surface area contributed by atoms with E-state index >= 15 is 0 Å². The molecular weight excluding hydrogens is 336 g/mol. The molecule has 0 aliphatic carbocycles. The fraction of sp³-hybridized carbons (Fsp3) is 0.409. The van der Waals surface area contributed by atoms with Gasteiger partial charge in [0.1, 0.15) is 6.04 Å². The lowest BCUT2D eigenvalue weighted by molar-refractivity contribution is -0.135. The van der Waals surface area contributed by atoms with Crippen LogP contribution in [0.2, 0.25) is 0 Å². The SMILES string of the molecule is Cc1cccc(CN2CCN(C(=O)C3CC(c4ccccc4)NN3)CC2)c1. The van der Waals surface area contributed by atoms with Crippen LogP contribution in [0.5, 0.6) is 0 Å². The number of benzene rings is 2. The highest BCUT2D eigenvalue weighted by Gasteiger charge is 2.33. The Morgan fingerprint density at radius 3 is 2.52 bits per heavy atom. The van der Waals surface area contributed by atoms with Crippen LogP contribution in [0.15, 0.2) is 54.6 Å². The van der Waals surface area contributed by atoms with Crippen LogP contribution in [0.25, 0.3) is 0 Å². The summed E-state index contributed by atoms with van der Waals surface area (Å²) in [6.07, 6.45) is 0.798. The number of aryl methyl sites for hydroxylation is 1. The Morgan fingerprint density at radius 2 is 1.78 bits per heavy atom. The van der Waals surface area contributed by atoms with E-state index < -0.39 is 0 Å². The van der Waals surface area contributed by atoms with E-state index in [1.165, 1.54) is 16.7 Å². The molecule has 5 heteroatoms. The summed E-state index contributed by atoms with van der Waals surface area (Å²) in [5, 5.41) is 0. The lowest BCUT2D eigenvalue weighted by Gasteiger charge is -2.36. The molecule has 2 N–H and O–H groups in total. The molecule has 142 valence electrons. The van der Waals surface area contributed by atoms with Gasteiger partial charge in [-0.1, -0.05) is 60.2 Å². The Balaban J connectivity index is 1.28. The molecular formula is C22H28N4O. The number of nitrogens with zero attached hydrogens (tertiary/aromatic N) is 2. The first kappa shape index (κ1) is 18.2. The minimum absolute atomic E-state index is 0.140. The number of carbonyl (C=O) groups excluding carboxylic acids is 1. The molecule has 1 amide bonds. The summed E-state index contributed by atoms with van der Waals surface area (Å²) in [5.74, 6) is 0.219. The number of hydrogen-bond donors (Lipinski definition) is 2. The summed E-state index contributed by atoms with van der Waals surface area (Å²) in [7, 11) is 0. The topological polar surface area (TPSA) is 47.6 Å².